The van der Waals surface area contributed by atoms with Gasteiger partial charge in [0.05, 0.1) is 0 Å². The first-order valence-electron chi connectivity index (χ1n) is 6.91. The molecule has 0 unspecified atom stereocenters. The van der Waals surface area contributed by atoms with Gasteiger partial charge in [0.15, 0.2) is 0 Å². The quantitative estimate of drug-likeness (QED) is 0.531. The van der Waals surface area contributed by atoms with Gasteiger partial charge in [-0.2, -0.15) is 0 Å². The molecule has 0 N–H and O–H groups in total. The summed E-state index contributed by atoms with van der Waals surface area (Å²) in [4.78, 5) is 0. The predicted molar refractivity (Wildman–Crippen MR) is 96.5 cm³/mol. The predicted octanol–water partition coefficient (Wildman–Crippen LogP) is 5.96. The van der Waals surface area contributed by atoms with Crippen molar-refractivity contribution in [1.82, 2.24) is 0 Å². The standard InChI is InChI=1S/C14H14Cl2N2O2P2/c1-21(15)17(11-7-3-5-9-13(11)19-21)22(2,16)18(21)12-8-4-6-10-14(12)20-22/h3-10H,1-2H3. The molecule has 0 bridgehead atoms. The van der Waals surface area contributed by atoms with E-state index < -0.39 is 13.0 Å². The van der Waals surface area contributed by atoms with Crippen LogP contribution in [-0.4, -0.2) is 13.3 Å². The number of hydrogen-bond acceptors (Lipinski definition) is 4. The van der Waals surface area contributed by atoms with Crippen molar-refractivity contribution >= 4 is 46.8 Å². The van der Waals surface area contributed by atoms with Crippen LogP contribution in [-0.2, 0) is 0 Å². The molecule has 5 rings (SSSR count). The summed E-state index contributed by atoms with van der Waals surface area (Å²) in [5.74, 6) is 1.53. The van der Waals surface area contributed by atoms with Gasteiger partial charge in [-0.1, -0.05) is 0 Å². The van der Waals surface area contributed by atoms with Gasteiger partial charge >= 0.3 is 138 Å². The third-order valence-electron chi connectivity index (χ3n) is 4.47. The molecule has 2 aromatic rings. The van der Waals surface area contributed by atoms with Crippen molar-refractivity contribution in [2.24, 2.45) is 0 Å². The molecule has 3 aliphatic rings. The molecule has 0 saturated carbocycles. The van der Waals surface area contributed by atoms with Gasteiger partial charge in [0.25, 0.3) is 0 Å². The summed E-state index contributed by atoms with van der Waals surface area (Å²) >= 11 is 14.3. The normalized spacial score (nSPS) is 29.6. The Labute approximate surface area is 138 Å². The second-order valence-corrected chi connectivity index (χ2v) is 18.3. The van der Waals surface area contributed by atoms with Crippen molar-refractivity contribution in [2.75, 3.05) is 22.2 Å². The summed E-state index contributed by atoms with van der Waals surface area (Å²) in [5, 5.41) is 0. The van der Waals surface area contributed by atoms with Crippen LogP contribution >= 0.6 is 35.5 Å². The Bertz CT molecular complexity index is 786. The Balaban J connectivity index is 1.83. The van der Waals surface area contributed by atoms with Crippen LogP contribution in [0.4, 0.5) is 11.4 Å². The first-order valence-corrected chi connectivity index (χ1v) is 13.7. The molecular formula is C14H14Cl2N2O2P2. The molecule has 0 radical (unpaired) electrons. The zero-order valence-electron chi connectivity index (χ0n) is 12.0. The van der Waals surface area contributed by atoms with E-state index in [1.54, 1.807) is 0 Å². The van der Waals surface area contributed by atoms with Gasteiger partial charge in [0, 0.05) is 0 Å². The summed E-state index contributed by atoms with van der Waals surface area (Å²) < 4.78 is 16.7. The average Bonchev–Trinajstić information content (AvgIpc) is 2.80. The molecule has 0 amide bonds. The number of rotatable bonds is 0. The minimum atomic E-state index is -3.35. The number of fused-ring (bicyclic) bond motifs is 8. The Morgan fingerprint density at radius 1 is 0.727 bits per heavy atom. The van der Waals surface area contributed by atoms with Crippen molar-refractivity contribution in [3.63, 3.8) is 0 Å². The third kappa shape index (κ3) is 1.17. The zero-order chi connectivity index (χ0) is 15.4. The Morgan fingerprint density at radius 3 is 1.50 bits per heavy atom. The van der Waals surface area contributed by atoms with Gasteiger partial charge in [0.1, 0.15) is 0 Å². The molecule has 2 aromatic carbocycles. The molecule has 3 heterocycles. The van der Waals surface area contributed by atoms with Crippen LogP contribution in [0.15, 0.2) is 48.5 Å². The van der Waals surface area contributed by atoms with Crippen LogP contribution in [0, 0.1) is 0 Å². The second kappa shape index (κ2) is 3.30. The van der Waals surface area contributed by atoms with E-state index in [4.69, 9.17) is 31.5 Å². The van der Waals surface area contributed by atoms with Gasteiger partial charge in [-0.25, -0.2) is 0 Å². The van der Waals surface area contributed by atoms with Gasteiger partial charge in [0.2, 0.25) is 0 Å². The van der Waals surface area contributed by atoms with E-state index in [0.29, 0.717) is 0 Å². The van der Waals surface area contributed by atoms with Gasteiger partial charge in [-0.3, -0.25) is 0 Å². The first-order chi connectivity index (χ1) is 10.2. The van der Waals surface area contributed by atoms with Crippen LogP contribution < -0.4 is 17.9 Å². The summed E-state index contributed by atoms with van der Waals surface area (Å²) in [6.07, 6.45) is 0. The number of halogens is 2. The Kier molecular flexibility index (Phi) is 2.03. The second-order valence-electron chi connectivity index (χ2n) is 6.15. The fraction of sp³-hybridized carbons (Fsp3) is 0.143. The molecule has 4 nitrogen and oxygen atoms in total. The maximum atomic E-state index is 7.16. The number of hydrogen-bond donors (Lipinski definition) is 0. The zero-order valence-corrected chi connectivity index (χ0v) is 15.3. The monoisotopic (exact) mass is 374 g/mol. The van der Waals surface area contributed by atoms with E-state index in [0.717, 1.165) is 22.9 Å². The molecule has 0 aromatic heterocycles. The van der Waals surface area contributed by atoms with Crippen LogP contribution in [0.25, 0.3) is 0 Å². The van der Waals surface area contributed by atoms with Crippen molar-refractivity contribution in [1.29, 1.82) is 0 Å². The maximum absolute atomic E-state index is 7.16. The molecule has 3 aliphatic heterocycles. The van der Waals surface area contributed by atoms with Gasteiger partial charge < -0.3 is 0 Å². The fourth-order valence-corrected chi connectivity index (χ4v) is 24.2. The average molecular weight is 375 g/mol. The Hall–Kier alpha value is -0.920. The summed E-state index contributed by atoms with van der Waals surface area (Å²) in [6.45, 7) is -2.78. The van der Waals surface area contributed by atoms with Crippen molar-refractivity contribution in [2.45, 2.75) is 0 Å². The van der Waals surface area contributed by atoms with Gasteiger partial charge in [-0.05, 0) is 0 Å². The fourth-order valence-electron chi connectivity index (χ4n) is 3.98. The summed E-state index contributed by atoms with van der Waals surface area (Å²) in [7, 11) is 0. The van der Waals surface area contributed by atoms with E-state index in [9.17, 15) is 0 Å². The van der Waals surface area contributed by atoms with Crippen LogP contribution in [0.5, 0.6) is 11.5 Å². The van der Waals surface area contributed by atoms with Crippen LogP contribution in [0.3, 0.4) is 0 Å². The van der Waals surface area contributed by atoms with E-state index >= 15 is 0 Å². The molecular weight excluding hydrogens is 361 g/mol. The number of anilines is 2. The van der Waals surface area contributed by atoms with Crippen LogP contribution in [0.1, 0.15) is 0 Å². The summed E-state index contributed by atoms with van der Waals surface area (Å²) in [5.41, 5.74) is 1.83. The molecule has 0 spiro atoms. The third-order valence-corrected chi connectivity index (χ3v) is 18.5. The molecule has 1 saturated heterocycles. The molecule has 0 atom stereocenters. The summed E-state index contributed by atoms with van der Waals surface area (Å²) in [6, 6.07) is 15.6. The molecule has 0 aliphatic carbocycles. The Morgan fingerprint density at radius 2 is 1.09 bits per heavy atom. The van der Waals surface area contributed by atoms with Crippen molar-refractivity contribution in [3.05, 3.63) is 48.5 Å². The first kappa shape index (κ1) is 13.5. The molecule has 22 heavy (non-hydrogen) atoms. The van der Waals surface area contributed by atoms with Gasteiger partial charge in [-0.15, -0.1) is 0 Å². The van der Waals surface area contributed by atoms with E-state index in [1.807, 2.05) is 70.7 Å². The number of para-hydroxylation sites is 4. The number of benzene rings is 2. The van der Waals surface area contributed by atoms with Crippen molar-refractivity contribution < 1.29 is 9.05 Å². The van der Waals surface area contributed by atoms with Crippen LogP contribution in [0.2, 0.25) is 0 Å². The topological polar surface area (TPSA) is 24.9 Å². The number of nitrogens with zero attached hydrogens (tertiary/aromatic N) is 2. The minimum absolute atomic E-state index is 0.764. The van der Waals surface area contributed by atoms with E-state index in [2.05, 4.69) is 0 Å². The molecule has 116 valence electrons. The molecule has 8 heteroatoms. The van der Waals surface area contributed by atoms with E-state index in [-0.39, 0.29) is 0 Å². The SMILES string of the molecule is CP12(Cl)Oc3ccccc3N1P1(C)(Cl)Oc3ccccc3N21. The van der Waals surface area contributed by atoms with Crippen molar-refractivity contribution in [3.8, 4) is 11.5 Å². The van der Waals surface area contributed by atoms with E-state index in [1.165, 1.54) is 0 Å². The molecule has 1 fully saturated rings.